The molecule has 0 aromatic heterocycles. The Balaban J connectivity index is 2.89. The Kier molecular flexibility index (Phi) is 8.59. The van der Waals surface area contributed by atoms with Gasteiger partial charge in [-0.2, -0.15) is 0 Å². The number of unbranched alkanes of at least 4 members (excludes halogenated alkanes) is 2. The first-order valence-corrected chi connectivity index (χ1v) is 6.03. The van der Waals surface area contributed by atoms with Gasteiger partial charge >= 0.3 is 0 Å². The van der Waals surface area contributed by atoms with E-state index in [9.17, 15) is 0 Å². The van der Waals surface area contributed by atoms with Crippen molar-refractivity contribution in [3.8, 4) is 0 Å². The molecule has 1 atom stereocenters. The highest BCUT2D eigenvalue weighted by atomic mass is 79.9. The van der Waals surface area contributed by atoms with Crippen molar-refractivity contribution in [2.75, 3.05) is 5.75 Å². The molecule has 0 N–H and O–H groups in total. The summed E-state index contributed by atoms with van der Waals surface area (Å²) in [4.78, 5) is 0. The van der Waals surface area contributed by atoms with Crippen LogP contribution in [0.1, 0.15) is 39.5 Å². The Morgan fingerprint density at radius 1 is 1.30 bits per heavy atom. The molecule has 0 aliphatic carbocycles. The molecule has 1 unspecified atom stereocenters. The Morgan fingerprint density at radius 3 is 2.50 bits per heavy atom. The van der Waals surface area contributed by atoms with Crippen LogP contribution in [0, 0.1) is 0 Å². The van der Waals surface area contributed by atoms with E-state index in [0.29, 0.717) is 4.16 Å². The summed E-state index contributed by atoms with van der Waals surface area (Å²) in [7, 11) is 0. The third kappa shape index (κ3) is 6.94. The van der Waals surface area contributed by atoms with Crippen molar-refractivity contribution in [1.29, 1.82) is 0 Å². The van der Waals surface area contributed by atoms with Crippen molar-refractivity contribution in [1.82, 2.24) is 0 Å². The van der Waals surface area contributed by atoms with Crippen molar-refractivity contribution < 1.29 is 0 Å². The zero-order chi connectivity index (χ0) is 7.82. The summed E-state index contributed by atoms with van der Waals surface area (Å²) in [6.07, 6.45) is 5.33. The van der Waals surface area contributed by atoms with Crippen LogP contribution in [0.4, 0.5) is 0 Å². The summed E-state index contributed by atoms with van der Waals surface area (Å²) in [5.41, 5.74) is 0. The molecular formula is C8H17BrS. The van der Waals surface area contributed by atoms with Gasteiger partial charge in [0.05, 0.1) is 4.16 Å². The van der Waals surface area contributed by atoms with Gasteiger partial charge in [-0.3, -0.25) is 0 Å². The molecule has 0 aromatic rings. The van der Waals surface area contributed by atoms with Gasteiger partial charge in [-0.05, 0) is 18.6 Å². The summed E-state index contributed by atoms with van der Waals surface area (Å²) in [5.74, 6) is 1.32. The van der Waals surface area contributed by atoms with E-state index in [1.54, 1.807) is 0 Å². The molecule has 62 valence electrons. The van der Waals surface area contributed by atoms with Crippen LogP contribution >= 0.6 is 27.7 Å². The van der Waals surface area contributed by atoms with Crippen molar-refractivity contribution >= 4 is 27.7 Å². The minimum absolute atomic E-state index is 0.685. The van der Waals surface area contributed by atoms with Gasteiger partial charge < -0.3 is 0 Å². The molecule has 10 heavy (non-hydrogen) atoms. The highest BCUT2D eigenvalue weighted by Gasteiger charge is 1.98. The number of thioether (sulfide) groups is 1. The average molecular weight is 225 g/mol. The van der Waals surface area contributed by atoms with E-state index >= 15 is 0 Å². The van der Waals surface area contributed by atoms with Crippen molar-refractivity contribution in [2.45, 2.75) is 43.7 Å². The second-order valence-electron chi connectivity index (χ2n) is 2.40. The van der Waals surface area contributed by atoms with Crippen LogP contribution in [0.25, 0.3) is 0 Å². The number of alkyl halides is 1. The summed E-state index contributed by atoms with van der Waals surface area (Å²) in [6, 6.07) is 0. The standard InChI is InChI=1S/C8H17BrS/c1-3-5-6-7-10-8(9)4-2/h8H,3-7H2,1-2H3. The number of hydrogen-bond acceptors (Lipinski definition) is 1. The fourth-order valence-electron chi connectivity index (χ4n) is 0.681. The van der Waals surface area contributed by atoms with Crippen LogP contribution in [0.3, 0.4) is 0 Å². The molecule has 0 amide bonds. The molecule has 0 saturated carbocycles. The number of hydrogen-bond donors (Lipinski definition) is 0. The maximum atomic E-state index is 3.59. The van der Waals surface area contributed by atoms with Crippen LogP contribution in [0.5, 0.6) is 0 Å². The van der Waals surface area contributed by atoms with E-state index in [1.165, 1.54) is 31.4 Å². The lowest BCUT2D eigenvalue weighted by Crippen LogP contribution is -1.89. The van der Waals surface area contributed by atoms with Crippen LogP contribution in [0.15, 0.2) is 0 Å². The molecule has 0 fully saturated rings. The maximum Gasteiger partial charge on any atom is 0.0597 e. The SMILES string of the molecule is CCCCCSC(Br)CC. The Hall–Kier alpha value is 0.830. The Labute approximate surface area is 77.3 Å². The lowest BCUT2D eigenvalue weighted by atomic mass is 10.3. The molecule has 0 radical (unpaired) electrons. The Morgan fingerprint density at radius 2 is 2.00 bits per heavy atom. The first-order valence-electron chi connectivity index (χ1n) is 4.07. The highest BCUT2D eigenvalue weighted by Crippen LogP contribution is 2.21. The summed E-state index contributed by atoms with van der Waals surface area (Å²) in [6.45, 7) is 4.46. The Bertz CT molecular complexity index is 66.3. The minimum Gasteiger partial charge on any atom is -0.147 e. The molecule has 0 spiro atoms. The largest absolute Gasteiger partial charge is 0.147 e. The topological polar surface area (TPSA) is 0 Å². The predicted molar refractivity (Wildman–Crippen MR) is 55.0 cm³/mol. The van der Waals surface area contributed by atoms with Gasteiger partial charge in [0.2, 0.25) is 0 Å². The predicted octanol–water partition coefficient (Wildman–Crippen LogP) is 4.04. The van der Waals surface area contributed by atoms with Gasteiger partial charge in [-0.15, -0.1) is 11.8 Å². The van der Waals surface area contributed by atoms with Gasteiger partial charge in [0, 0.05) is 0 Å². The molecule has 0 aliphatic rings. The molecule has 0 saturated heterocycles. The quantitative estimate of drug-likeness (QED) is 0.485. The third-order valence-electron chi connectivity index (χ3n) is 1.37. The van der Waals surface area contributed by atoms with Crippen LogP contribution in [-0.4, -0.2) is 9.91 Å². The van der Waals surface area contributed by atoms with E-state index in [0.717, 1.165) is 0 Å². The van der Waals surface area contributed by atoms with Crippen LogP contribution < -0.4 is 0 Å². The second-order valence-corrected chi connectivity index (χ2v) is 5.42. The average Bonchev–Trinajstić information content (AvgIpc) is 1.98. The fraction of sp³-hybridized carbons (Fsp3) is 1.00. The van der Waals surface area contributed by atoms with Crippen molar-refractivity contribution in [3.05, 3.63) is 0 Å². The molecule has 0 heterocycles. The highest BCUT2D eigenvalue weighted by molar-refractivity contribution is 9.11. The van der Waals surface area contributed by atoms with Gasteiger partial charge in [-0.25, -0.2) is 0 Å². The number of rotatable bonds is 6. The molecule has 0 aromatic carbocycles. The third-order valence-corrected chi connectivity index (χ3v) is 4.03. The van der Waals surface area contributed by atoms with E-state index in [1.807, 2.05) is 11.8 Å². The van der Waals surface area contributed by atoms with E-state index < -0.39 is 0 Å². The smallest absolute Gasteiger partial charge is 0.0597 e. The van der Waals surface area contributed by atoms with E-state index in [2.05, 4.69) is 29.8 Å². The zero-order valence-electron chi connectivity index (χ0n) is 6.90. The molecule has 2 heteroatoms. The molecule has 0 rings (SSSR count). The minimum atomic E-state index is 0.685. The lowest BCUT2D eigenvalue weighted by Gasteiger charge is -2.04. The summed E-state index contributed by atoms with van der Waals surface area (Å²) in [5, 5.41) is 0. The first kappa shape index (κ1) is 10.8. The fourth-order valence-corrected chi connectivity index (χ4v) is 2.10. The van der Waals surface area contributed by atoms with E-state index in [-0.39, 0.29) is 0 Å². The normalized spacial score (nSPS) is 13.5. The van der Waals surface area contributed by atoms with Crippen LogP contribution in [0.2, 0.25) is 0 Å². The second kappa shape index (κ2) is 7.93. The van der Waals surface area contributed by atoms with Gasteiger partial charge in [0.15, 0.2) is 0 Å². The molecular weight excluding hydrogens is 208 g/mol. The lowest BCUT2D eigenvalue weighted by molar-refractivity contribution is 0.778. The van der Waals surface area contributed by atoms with Crippen molar-refractivity contribution in [3.63, 3.8) is 0 Å². The summed E-state index contributed by atoms with van der Waals surface area (Å²) < 4.78 is 0.685. The molecule has 0 nitrogen and oxygen atoms in total. The number of halogens is 1. The molecule has 0 aliphatic heterocycles. The zero-order valence-corrected chi connectivity index (χ0v) is 9.30. The summed E-state index contributed by atoms with van der Waals surface area (Å²) >= 11 is 5.62. The molecule has 0 bridgehead atoms. The van der Waals surface area contributed by atoms with E-state index in [4.69, 9.17) is 0 Å². The monoisotopic (exact) mass is 224 g/mol. The van der Waals surface area contributed by atoms with Crippen molar-refractivity contribution in [2.24, 2.45) is 0 Å². The first-order chi connectivity index (χ1) is 4.81. The van der Waals surface area contributed by atoms with Crippen LogP contribution in [-0.2, 0) is 0 Å². The maximum absolute atomic E-state index is 3.59. The van der Waals surface area contributed by atoms with Gasteiger partial charge in [0.25, 0.3) is 0 Å². The van der Waals surface area contributed by atoms with Gasteiger partial charge in [0.1, 0.15) is 0 Å². The van der Waals surface area contributed by atoms with Gasteiger partial charge in [-0.1, -0.05) is 42.6 Å².